The molecule has 0 aliphatic rings. The van der Waals surface area contributed by atoms with Crippen molar-refractivity contribution < 1.29 is 0 Å². The first-order valence-electron chi connectivity index (χ1n) is 19.2. The van der Waals surface area contributed by atoms with Gasteiger partial charge in [0.05, 0.1) is 22.4 Å². The summed E-state index contributed by atoms with van der Waals surface area (Å²) in [6, 6.07) is 83.0. The van der Waals surface area contributed by atoms with Gasteiger partial charge in [-0.05, 0) is 87.5 Å². The summed E-state index contributed by atoms with van der Waals surface area (Å²) in [5.41, 5.74) is 16.3. The number of hydrogen-bond donors (Lipinski definition) is 0. The van der Waals surface area contributed by atoms with Gasteiger partial charge in [-0.3, -0.25) is 0 Å². The first kappa shape index (κ1) is 33.2. The lowest BCUT2D eigenvalue weighted by atomic mass is 9.94. The van der Waals surface area contributed by atoms with Gasteiger partial charge in [-0.25, -0.2) is 0 Å². The number of nitrogens with zero attached hydrogens (tertiary/aromatic N) is 2. The highest BCUT2D eigenvalue weighted by molar-refractivity contribution is 6.17. The molecule has 0 saturated carbocycles. The van der Waals surface area contributed by atoms with E-state index in [0.29, 0.717) is 0 Å². The Morgan fingerprint density at radius 2 is 0.804 bits per heavy atom. The third kappa shape index (κ3) is 5.95. The van der Waals surface area contributed by atoms with Crippen LogP contribution in [0, 0.1) is 0 Å². The second kappa shape index (κ2) is 14.4. The van der Waals surface area contributed by atoms with Gasteiger partial charge in [-0.1, -0.05) is 182 Å². The van der Waals surface area contributed by atoms with Gasteiger partial charge < -0.3 is 9.47 Å². The van der Waals surface area contributed by atoms with Crippen molar-refractivity contribution >= 4 is 38.9 Å². The maximum atomic E-state index is 2.44. The standard InChI is InChI=1S/C54H38N2/c1-4-18-39(19-5-1)40-34-36-44(37-35-40)55(45-25-16-24-43(38-45)47-27-11-10-26-46(47)41-20-6-2-7-21-41)52-32-17-33-53-54(52)49-29-13-15-31-51(49)56(53)50-30-14-12-28-48(50)42-22-8-3-9-23-42/h1-38H. The molecule has 1 heterocycles. The molecule has 264 valence electrons. The quantitative estimate of drug-likeness (QED) is 0.152. The third-order valence-corrected chi connectivity index (χ3v) is 10.8. The maximum Gasteiger partial charge on any atom is 0.0562 e. The molecule has 2 heteroatoms. The minimum Gasteiger partial charge on any atom is -0.310 e. The highest BCUT2D eigenvalue weighted by Gasteiger charge is 2.22. The van der Waals surface area contributed by atoms with Gasteiger partial charge in [0.15, 0.2) is 0 Å². The third-order valence-electron chi connectivity index (χ3n) is 10.8. The zero-order valence-corrected chi connectivity index (χ0v) is 30.8. The van der Waals surface area contributed by atoms with Crippen LogP contribution in [-0.4, -0.2) is 4.57 Å². The summed E-state index contributed by atoms with van der Waals surface area (Å²) in [4.78, 5) is 2.44. The van der Waals surface area contributed by atoms with Crippen LogP contribution in [0.4, 0.5) is 17.1 Å². The van der Waals surface area contributed by atoms with Crippen LogP contribution in [0.2, 0.25) is 0 Å². The van der Waals surface area contributed by atoms with Crippen LogP contribution < -0.4 is 4.90 Å². The molecule has 0 aliphatic heterocycles. The fourth-order valence-electron chi connectivity index (χ4n) is 8.25. The zero-order chi connectivity index (χ0) is 37.3. The van der Waals surface area contributed by atoms with E-state index in [0.717, 1.165) is 28.3 Å². The van der Waals surface area contributed by atoms with Crippen LogP contribution in [0.3, 0.4) is 0 Å². The van der Waals surface area contributed by atoms with Crippen molar-refractivity contribution in [1.82, 2.24) is 4.57 Å². The second-order valence-corrected chi connectivity index (χ2v) is 14.1. The average molecular weight is 715 g/mol. The molecule has 0 saturated heterocycles. The molecular formula is C54H38N2. The van der Waals surface area contributed by atoms with E-state index in [2.05, 4.69) is 240 Å². The van der Waals surface area contributed by atoms with E-state index < -0.39 is 0 Å². The zero-order valence-electron chi connectivity index (χ0n) is 30.8. The number of hydrogen-bond acceptors (Lipinski definition) is 1. The second-order valence-electron chi connectivity index (χ2n) is 14.1. The fourth-order valence-corrected chi connectivity index (χ4v) is 8.25. The molecule has 1 aromatic heterocycles. The Bertz CT molecular complexity index is 2940. The summed E-state index contributed by atoms with van der Waals surface area (Å²) in [5, 5.41) is 2.41. The monoisotopic (exact) mass is 714 g/mol. The summed E-state index contributed by atoms with van der Waals surface area (Å²) >= 11 is 0. The minimum atomic E-state index is 1.09. The Morgan fingerprint density at radius 3 is 1.52 bits per heavy atom. The van der Waals surface area contributed by atoms with E-state index in [-0.39, 0.29) is 0 Å². The summed E-state index contributed by atoms with van der Waals surface area (Å²) in [6.07, 6.45) is 0. The Kier molecular flexibility index (Phi) is 8.55. The van der Waals surface area contributed by atoms with Gasteiger partial charge in [0, 0.05) is 27.7 Å². The number of aromatic nitrogens is 1. The molecular weight excluding hydrogens is 677 g/mol. The molecule has 0 amide bonds. The summed E-state index contributed by atoms with van der Waals surface area (Å²) in [6.45, 7) is 0. The number of para-hydroxylation sites is 2. The van der Waals surface area contributed by atoms with Gasteiger partial charge in [0.2, 0.25) is 0 Å². The smallest absolute Gasteiger partial charge is 0.0562 e. The SMILES string of the molecule is c1ccc(-c2ccc(N(c3cccc(-c4ccccc4-c4ccccc4)c3)c3cccc4c3c3ccccc3n4-c3ccccc3-c3ccccc3)cc2)cc1. The van der Waals surface area contributed by atoms with Crippen LogP contribution in [-0.2, 0) is 0 Å². The van der Waals surface area contributed by atoms with Gasteiger partial charge in [-0.2, -0.15) is 0 Å². The Balaban J connectivity index is 1.21. The molecule has 0 unspecified atom stereocenters. The Labute approximate surface area is 327 Å². The van der Waals surface area contributed by atoms with Crippen molar-refractivity contribution in [2.75, 3.05) is 4.90 Å². The Morgan fingerprint density at radius 1 is 0.304 bits per heavy atom. The molecule has 9 aromatic carbocycles. The molecule has 0 atom stereocenters. The van der Waals surface area contributed by atoms with Gasteiger partial charge in [0.1, 0.15) is 0 Å². The molecule has 0 bridgehead atoms. The van der Waals surface area contributed by atoms with E-state index in [1.807, 2.05) is 0 Å². The van der Waals surface area contributed by atoms with Gasteiger partial charge in [-0.15, -0.1) is 0 Å². The molecule has 0 fully saturated rings. The summed E-state index contributed by atoms with van der Waals surface area (Å²) in [5.74, 6) is 0. The lowest BCUT2D eigenvalue weighted by molar-refractivity contribution is 1.18. The van der Waals surface area contributed by atoms with Crippen molar-refractivity contribution in [1.29, 1.82) is 0 Å². The molecule has 0 aliphatic carbocycles. The first-order valence-corrected chi connectivity index (χ1v) is 19.2. The number of anilines is 3. The van der Waals surface area contributed by atoms with Crippen molar-refractivity contribution in [3.8, 4) is 50.2 Å². The average Bonchev–Trinajstić information content (AvgIpc) is 3.63. The molecule has 10 rings (SSSR count). The van der Waals surface area contributed by atoms with Crippen LogP contribution >= 0.6 is 0 Å². The number of rotatable bonds is 8. The lowest BCUT2D eigenvalue weighted by Gasteiger charge is -2.27. The fraction of sp³-hybridized carbons (Fsp3) is 0. The molecule has 0 radical (unpaired) electrons. The minimum absolute atomic E-state index is 1.09. The maximum absolute atomic E-state index is 2.44. The highest BCUT2D eigenvalue weighted by atomic mass is 15.1. The molecule has 0 spiro atoms. The van der Waals surface area contributed by atoms with E-state index in [4.69, 9.17) is 0 Å². The van der Waals surface area contributed by atoms with E-state index >= 15 is 0 Å². The van der Waals surface area contributed by atoms with Crippen molar-refractivity contribution in [3.05, 3.63) is 231 Å². The Hall–Kier alpha value is -7.42. The molecule has 10 aromatic rings. The predicted octanol–water partition coefficient (Wildman–Crippen LogP) is 14.9. The first-order chi connectivity index (χ1) is 27.8. The molecule has 2 nitrogen and oxygen atoms in total. The van der Waals surface area contributed by atoms with Crippen LogP contribution in [0.25, 0.3) is 72.0 Å². The van der Waals surface area contributed by atoms with Gasteiger partial charge >= 0.3 is 0 Å². The predicted molar refractivity (Wildman–Crippen MR) is 237 cm³/mol. The van der Waals surface area contributed by atoms with Crippen molar-refractivity contribution in [2.45, 2.75) is 0 Å². The normalized spacial score (nSPS) is 11.2. The van der Waals surface area contributed by atoms with Crippen LogP contribution in [0.5, 0.6) is 0 Å². The molecule has 56 heavy (non-hydrogen) atoms. The van der Waals surface area contributed by atoms with E-state index in [1.54, 1.807) is 0 Å². The van der Waals surface area contributed by atoms with E-state index in [9.17, 15) is 0 Å². The summed E-state index contributed by atoms with van der Waals surface area (Å²) in [7, 11) is 0. The van der Waals surface area contributed by atoms with Crippen LogP contribution in [0.15, 0.2) is 231 Å². The van der Waals surface area contributed by atoms with Gasteiger partial charge in [0.25, 0.3) is 0 Å². The lowest BCUT2D eigenvalue weighted by Crippen LogP contribution is -2.10. The summed E-state index contributed by atoms with van der Waals surface area (Å²) < 4.78 is 2.44. The van der Waals surface area contributed by atoms with Crippen LogP contribution in [0.1, 0.15) is 0 Å². The largest absolute Gasteiger partial charge is 0.310 e. The number of fused-ring (bicyclic) bond motifs is 3. The molecule has 0 N–H and O–H groups in total. The van der Waals surface area contributed by atoms with Crippen molar-refractivity contribution in [3.63, 3.8) is 0 Å². The topological polar surface area (TPSA) is 8.17 Å². The highest BCUT2D eigenvalue weighted by Crippen LogP contribution is 2.46. The van der Waals surface area contributed by atoms with Crippen molar-refractivity contribution in [2.24, 2.45) is 0 Å². The van der Waals surface area contributed by atoms with E-state index in [1.165, 1.54) is 60.8 Å². The number of benzene rings is 9.